The highest BCUT2D eigenvalue weighted by Gasteiger charge is 2.18. The van der Waals surface area contributed by atoms with Gasteiger partial charge in [0.15, 0.2) is 0 Å². The van der Waals surface area contributed by atoms with E-state index >= 15 is 0 Å². The fraction of sp³-hybridized carbons (Fsp3) is 0.333. The molecular weight excluding hydrogens is 340 g/mol. The molecule has 1 fully saturated rings. The number of ether oxygens (including phenoxy) is 1. The second kappa shape index (κ2) is 7.04. The first-order chi connectivity index (χ1) is 13.1. The van der Waals surface area contributed by atoms with Crippen molar-refractivity contribution in [1.82, 2.24) is 14.9 Å². The molecule has 2 aromatic heterocycles. The van der Waals surface area contributed by atoms with Crippen LogP contribution in [0.3, 0.4) is 0 Å². The second-order valence-electron chi connectivity index (χ2n) is 7.05. The van der Waals surface area contributed by atoms with E-state index in [-0.39, 0.29) is 5.97 Å². The van der Waals surface area contributed by atoms with E-state index in [0.29, 0.717) is 5.56 Å². The van der Waals surface area contributed by atoms with E-state index in [1.165, 1.54) is 7.11 Å². The van der Waals surface area contributed by atoms with E-state index in [2.05, 4.69) is 34.0 Å². The zero-order valence-corrected chi connectivity index (χ0v) is 16.0. The van der Waals surface area contributed by atoms with Gasteiger partial charge in [0, 0.05) is 55.0 Å². The smallest absolute Gasteiger partial charge is 0.338 e. The molecule has 1 aliphatic rings. The minimum Gasteiger partial charge on any atom is -0.465 e. The van der Waals surface area contributed by atoms with Crippen LogP contribution < -0.4 is 4.90 Å². The molecule has 0 atom stereocenters. The summed E-state index contributed by atoms with van der Waals surface area (Å²) >= 11 is 0. The van der Waals surface area contributed by atoms with Crippen molar-refractivity contribution in [1.29, 1.82) is 0 Å². The lowest BCUT2D eigenvalue weighted by atomic mass is 9.96. The number of nitrogens with zero attached hydrogens (tertiary/aromatic N) is 3. The summed E-state index contributed by atoms with van der Waals surface area (Å²) in [5.41, 5.74) is 4.39. The molecule has 0 unspecified atom stereocenters. The van der Waals surface area contributed by atoms with Crippen molar-refractivity contribution in [3.63, 3.8) is 0 Å². The average Bonchev–Trinajstić information content (AvgIpc) is 3.19. The number of hydrogen-bond acceptors (Lipinski definition) is 5. The van der Waals surface area contributed by atoms with Crippen molar-refractivity contribution in [2.45, 2.75) is 6.92 Å². The lowest BCUT2D eigenvalue weighted by Crippen LogP contribution is -2.44. The van der Waals surface area contributed by atoms with E-state index in [9.17, 15) is 4.79 Å². The predicted octanol–water partition coefficient (Wildman–Crippen LogP) is 3.08. The van der Waals surface area contributed by atoms with E-state index in [0.717, 1.165) is 59.6 Å². The van der Waals surface area contributed by atoms with Crippen LogP contribution in [0.15, 0.2) is 36.7 Å². The fourth-order valence-electron chi connectivity index (χ4n) is 3.70. The van der Waals surface area contributed by atoms with Crippen molar-refractivity contribution in [2.75, 3.05) is 45.2 Å². The molecular formula is C21H24N4O2. The number of aromatic nitrogens is 2. The van der Waals surface area contributed by atoms with Crippen LogP contribution in [0.2, 0.25) is 0 Å². The highest BCUT2D eigenvalue weighted by molar-refractivity contribution is 6.04. The van der Waals surface area contributed by atoms with Gasteiger partial charge in [0.2, 0.25) is 0 Å². The molecule has 0 saturated carbocycles. The molecule has 6 heteroatoms. The number of likely N-dealkylation sites (N-methyl/N-ethyl adjacent to an activating group) is 1. The molecule has 1 aromatic carbocycles. The predicted molar refractivity (Wildman–Crippen MR) is 107 cm³/mol. The standard InChI is InChI=1S/C21H24N4O2/c1-14-17(21(26)27-3)12-18(16-6-7-22-20(14)16)15-4-5-19(23-13-15)25-10-8-24(2)9-11-25/h4-7,12-13,22H,8-11H2,1-3H3. The Morgan fingerprint density at radius 2 is 1.96 bits per heavy atom. The summed E-state index contributed by atoms with van der Waals surface area (Å²) in [6.07, 6.45) is 3.79. The normalized spacial score (nSPS) is 15.3. The molecule has 4 rings (SSSR count). The number of esters is 1. The molecule has 27 heavy (non-hydrogen) atoms. The number of nitrogens with one attached hydrogen (secondary N) is 1. The lowest BCUT2D eigenvalue weighted by Gasteiger charge is -2.33. The first kappa shape index (κ1) is 17.5. The number of aromatic amines is 1. The van der Waals surface area contributed by atoms with Crippen molar-refractivity contribution in [3.05, 3.63) is 47.8 Å². The number of carbonyl (C=O) groups excluding carboxylic acids is 1. The number of hydrogen-bond donors (Lipinski definition) is 1. The zero-order valence-electron chi connectivity index (χ0n) is 16.0. The van der Waals surface area contributed by atoms with Gasteiger partial charge in [-0.1, -0.05) is 0 Å². The fourth-order valence-corrected chi connectivity index (χ4v) is 3.70. The maximum atomic E-state index is 12.2. The number of aryl methyl sites for hydroxylation is 1. The van der Waals surface area contributed by atoms with Crippen LogP contribution in [0.4, 0.5) is 5.82 Å². The number of carbonyl (C=O) groups is 1. The van der Waals surface area contributed by atoms with Crippen molar-refractivity contribution >= 4 is 22.7 Å². The quantitative estimate of drug-likeness (QED) is 0.724. The number of benzene rings is 1. The van der Waals surface area contributed by atoms with Crippen LogP contribution in [-0.4, -0.2) is 61.2 Å². The highest BCUT2D eigenvalue weighted by Crippen LogP contribution is 2.33. The van der Waals surface area contributed by atoms with E-state index < -0.39 is 0 Å². The Kier molecular flexibility index (Phi) is 4.58. The van der Waals surface area contributed by atoms with Crippen molar-refractivity contribution < 1.29 is 9.53 Å². The molecule has 1 aliphatic heterocycles. The van der Waals surface area contributed by atoms with E-state index in [1.54, 1.807) is 0 Å². The Hall–Kier alpha value is -2.86. The van der Waals surface area contributed by atoms with Crippen LogP contribution in [0, 0.1) is 6.92 Å². The average molecular weight is 364 g/mol. The van der Waals surface area contributed by atoms with Crippen molar-refractivity contribution in [3.8, 4) is 11.1 Å². The summed E-state index contributed by atoms with van der Waals surface area (Å²) in [5.74, 6) is 0.671. The second-order valence-corrected chi connectivity index (χ2v) is 7.05. The molecule has 3 heterocycles. The van der Waals surface area contributed by atoms with Gasteiger partial charge in [-0.15, -0.1) is 0 Å². The Morgan fingerprint density at radius 1 is 1.19 bits per heavy atom. The molecule has 140 valence electrons. The zero-order chi connectivity index (χ0) is 19.0. The highest BCUT2D eigenvalue weighted by atomic mass is 16.5. The van der Waals surface area contributed by atoms with Crippen LogP contribution >= 0.6 is 0 Å². The number of pyridine rings is 1. The topological polar surface area (TPSA) is 61.5 Å². The molecule has 6 nitrogen and oxygen atoms in total. The molecule has 0 aliphatic carbocycles. The van der Waals surface area contributed by atoms with E-state index in [1.807, 2.05) is 31.5 Å². The van der Waals surface area contributed by atoms with Gasteiger partial charge < -0.3 is 19.5 Å². The number of methoxy groups -OCH3 is 1. The van der Waals surface area contributed by atoms with Gasteiger partial charge in [0.25, 0.3) is 0 Å². The Labute approximate surface area is 158 Å². The van der Waals surface area contributed by atoms with Gasteiger partial charge in [-0.25, -0.2) is 9.78 Å². The largest absolute Gasteiger partial charge is 0.465 e. The lowest BCUT2D eigenvalue weighted by molar-refractivity contribution is 0.0600. The molecule has 0 radical (unpaired) electrons. The van der Waals surface area contributed by atoms with Crippen molar-refractivity contribution in [2.24, 2.45) is 0 Å². The molecule has 1 N–H and O–H groups in total. The monoisotopic (exact) mass is 364 g/mol. The summed E-state index contributed by atoms with van der Waals surface area (Å²) in [6.45, 7) is 6.01. The third-order valence-electron chi connectivity index (χ3n) is 5.40. The number of fused-ring (bicyclic) bond motifs is 1. The van der Waals surface area contributed by atoms with Crippen LogP contribution in [0.1, 0.15) is 15.9 Å². The number of anilines is 1. The minimum absolute atomic E-state index is 0.327. The van der Waals surface area contributed by atoms with Crippen LogP contribution in [0.5, 0.6) is 0 Å². The summed E-state index contributed by atoms with van der Waals surface area (Å²) in [7, 11) is 3.55. The molecule has 0 bridgehead atoms. The maximum Gasteiger partial charge on any atom is 0.338 e. The van der Waals surface area contributed by atoms with Gasteiger partial charge in [-0.05, 0) is 49.4 Å². The van der Waals surface area contributed by atoms with Gasteiger partial charge in [0.05, 0.1) is 12.7 Å². The summed E-state index contributed by atoms with van der Waals surface area (Å²) < 4.78 is 4.96. The summed E-state index contributed by atoms with van der Waals surface area (Å²) in [5, 5.41) is 1.08. The van der Waals surface area contributed by atoms with Gasteiger partial charge in [-0.3, -0.25) is 0 Å². The molecule has 0 amide bonds. The number of H-pyrrole nitrogens is 1. The number of piperazine rings is 1. The molecule has 0 spiro atoms. The Balaban J connectivity index is 1.73. The van der Waals surface area contributed by atoms with E-state index in [4.69, 9.17) is 9.72 Å². The first-order valence-electron chi connectivity index (χ1n) is 9.17. The Morgan fingerprint density at radius 3 is 2.63 bits per heavy atom. The van der Waals surface area contributed by atoms with Gasteiger partial charge >= 0.3 is 5.97 Å². The SMILES string of the molecule is COC(=O)c1cc(-c2ccc(N3CCN(C)CC3)nc2)c2cc[nH]c2c1C. The first-order valence-corrected chi connectivity index (χ1v) is 9.17. The number of rotatable bonds is 3. The van der Waals surface area contributed by atoms with Crippen LogP contribution in [0.25, 0.3) is 22.0 Å². The minimum atomic E-state index is -0.327. The third kappa shape index (κ3) is 3.17. The van der Waals surface area contributed by atoms with Crippen LogP contribution in [-0.2, 0) is 4.74 Å². The summed E-state index contributed by atoms with van der Waals surface area (Å²) in [6, 6.07) is 8.09. The molecule has 3 aromatic rings. The van der Waals surface area contributed by atoms with Gasteiger partial charge in [0.1, 0.15) is 5.82 Å². The Bertz CT molecular complexity index is 970. The third-order valence-corrected chi connectivity index (χ3v) is 5.40. The maximum absolute atomic E-state index is 12.2. The van der Waals surface area contributed by atoms with Gasteiger partial charge in [-0.2, -0.15) is 0 Å². The summed E-state index contributed by atoms with van der Waals surface area (Å²) in [4.78, 5) is 24.8. The molecule has 1 saturated heterocycles.